The Morgan fingerprint density at radius 1 is 1.23 bits per heavy atom. The molecule has 0 fully saturated rings. The molecule has 164 valence electrons. The summed E-state index contributed by atoms with van der Waals surface area (Å²) in [6, 6.07) is 6.18. The molecule has 0 bridgehead atoms. The van der Waals surface area contributed by atoms with Crippen LogP contribution in [0.4, 0.5) is 5.82 Å². The van der Waals surface area contributed by atoms with Gasteiger partial charge in [-0.2, -0.15) is 9.61 Å². The molecule has 0 saturated heterocycles. The number of benzene rings is 1. The third kappa shape index (κ3) is 3.85. The molecule has 0 saturated carbocycles. The number of aryl methyl sites for hydroxylation is 3. The van der Waals surface area contributed by atoms with Crippen LogP contribution in [0.25, 0.3) is 16.8 Å². The number of hydrogen-bond donors (Lipinski definition) is 1. The Morgan fingerprint density at radius 3 is 2.77 bits per heavy atom. The standard InChI is InChI=1S/C24H31N5O2/c1-6-13-28(14-12-25-31-5)24-20-8-7-9-21(20)26-23-22(17(3)27-29(23)24)19-11-10-18(30-4)15-16(19)2/h10-12,14-15,25H,6-9,13H2,1-5H3. The number of aromatic nitrogens is 3. The summed E-state index contributed by atoms with van der Waals surface area (Å²) in [5, 5.41) is 4.98. The average Bonchev–Trinajstić information content (AvgIpc) is 3.35. The first kappa shape index (κ1) is 21.2. The lowest BCUT2D eigenvalue weighted by Crippen LogP contribution is -2.23. The largest absolute Gasteiger partial charge is 0.497 e. The van der Waals surface area contributed by atoms with Crippen molar-refractivity contribution in [3.05, 3.63) is 53.1 Å². The molecular weight excluding hydrogens is 390 g/mol. The minimum absolute atomic E-state index is 0.856. The van der Waals surface area contributed by atoms with Crippen LogP contribution in [0.2, 0.25) is 0 Å². The molecule has 1 aliphatic rings. The quantitative estimate of drug-likeness (QED) is 0.546. The second-order valence-corrected chi connectivity index (χ2v) is 7.92. The lowest BCUT2D eigenvalue weighted by Gasteiger charge is -2.23. The molecule has 0 unspecified atom stereocenters. The van der Waals surface area contributed by atoms with Crippen molar-refractivity contribution in [2.24, 2.45) is 0 Å². The van der Waals surface area contributed by atoms with Gasteiger partial charge in [0.05, 0.1) is 19.9 Å². The van der Waals surface area contributed by atoms with Crippen LogP contribution >= 0.6 is 0 Å². The molecular formula is C24H31N5O2. The van der Waals surface area contributed by atoms with Crippen LogP contribution < -0.4 is 15.1 Å². The first-order valence-corrected chi connectivity index (χ1v) is 10.9. The van der Waals surface area contributed by atoms with E-state index in [9.17, 15) is 0 Å². The summed E-state index contributed by atoms with van der Waals surface area (Å²) in [7, 11) is 3.30. The molecule has 31 heavy (non-hydrogen) atoms. The van der Waals surface area contributed by atoms with Crippen LogP contribution in [0.3, 0.4) is 0 Å². The number of hydrogen-bond acceptors (Lipinski definition) is 6. The van der Waals surface area contributed by atoms with Crippen molar-refractivity contribution in [1.82, 2.24) is 20.1 Å². The monoisotopic (exact) mass is 421 g/mol. The fraction of sp³-hybridized carbons (Fsp3) is 0.417. The summed E-state index contributed by atoms with van der Waals surface area (Å²) in [6.07, 6.45) is 8.00. The highest BCUT2D eigenvalue weighted by molar-refractivity contribution is 5.83. The summed E-state index contributed by atoms with van der Waals surface area (Å²) >= 11 is 0. The average molecular weight is 422 g/mol. The van der Waals surface area contributed by atoms with Gasteiger partial charge in [-0.05, 0) is 62.8 Å². The number of methoxy groups -OCH3 is 1. The van der Waals surface area contributed by atoms with Crippen molar-refractivity contribution in [1.29, 1.82) is 0 Å². The Bertz CT molecular complexity index is 1120. The van der Waals surface area contributed by atoms with Crippen LogP contribution in [0.1, 0.15) is 42.3 Å². The van der Waals surface area contributed by atoms with E-state index >= 15 is 0 Å². The molecule has 1 N–H and O–H groups in total. The Hall–Kier alpha value is -3.06. The number of fused-ring (bicyclic) bond motifs is 2. The molecule has 1 aromatic carbocycles. The van der Waals surface area contributed by atoms with Crippen LogP contribution in [0.5, 0.6) is 5.75 Å². The van der Waals surface area contributed by atoms with Crippen LogP contribution in [-0.2, 0) is 17.7 Å². The van der Waals surface area contributed by atoms with Crippen LogP contribution in [0, 0.1) is 13.8 Å². The summed E-state index contributed by atoms with van der Waals surface area (Å²) in [5.41, 5.74) is 10.5. The van der Waals surface area contributed by atoms with E-state index in [2.05, 4.69) is 43.3 Å². The molecule has 7 nitrogen and oxygen atoms in total. The molecule has 0 radical (unpaired) electrons. The Kier molecular flexibility index (Phi) is 6.13. The van der Waals surface area contributed by atoms with Gasteiger partial charge in [-0.15, -0.1) is 0 Å². The lowest BCUT2D eigenvalue weighted by atomic mass is 10.0. The molecule has 1 aliphatic carbocycles. The molecule has 2 heterocycles. The zero-order valence-corrected chi connectivity index (χ0v) is 19.0. The van der Waals surface area contributed by atoms with Gasteiger partial charge in [0, 0.05) is 35.8 Å². The van der Waals surface area contributed by atoms with Crippen molar-refractivity contribution in [2.45, 2.75) is 46.5 Å². The van der Waals surface area contributed by atoms with Crippen molar-refractivity contribution in [3.8, 4) is 16.9 Å². The summed E-state index contributed by atoms with van der Waals surface area (Å²) in [6.45, 7) is 7.24. The minimum Gasteiger partial charge on any atom is -0.497 e. The maximum Gasteiger partial charge on any atom is 0.165 e. The highest BCUT2D eigenvalue weighted by atomic mass is 16.6. The van der Waals surface area contributed by atoms with E-state index in [0.29, 0.717) is 0 Å². The molecule has 0 amide bonds. The number of hydroxylamine groups is 1. The number of rotatable bonds is 8. The van der Waals surface area contributed by atoms with Crippen molar-refractivity contribution in [3.63, 3.8) is 0 Å². The number of ether oxygens (including phenoxy) is 1. The fourth-order valence-electron chi connectivity index (χ4n) is 4.45. The zero-order chi connectivity index (χ0) is 22.0. The van der Waals surface area contributed by atoms with Gasteiger partial charge in [0.2, 0.25) is 0 Å². The summed E-state index contributed by atoms with van der Waals surface area (Å²) in [5.74, 6) is 1.96. The van der Waals surface area contributed by atoms with Gasteiger partial charge in [-0.25, -0.2) is 4.98 Å². The molecule has 7 heteroatoms. The zero-order valence-electron chi connectivity index (χ0n) is 19.0. The Labute approximate surface area is 183 Å². The third-order valence-electron chi connectivity index (χ3n) is 5.82. The minimum atomic E-state index is 0.856. The van der Waals surface area contributed by atoms with E-state index < -0.39 is 0 Å². The van der Waals surface area contributed by atoms with Gasteiger partial charge in [0.25, 0.3) is 0 Å². The van der Waals surface area contributed by atoms with E-state index in [-0.39, 0.29) is 0 Å². The SMILES string of the molecule is CCCN(C=CNOC)c1c2c(nc3c(-c4ccc(OC)cc4C)c(C)nn13)CCC2. The van der Waals surface area contributed by atoms with Gasteiger partial charge < -0.3 is 9.64 Å². The van der Waals surface area contributed by atoms with Gasteiger partial charge in [-0.3, -0.25) is 10.3 Å². The van der Waals surface area contributed by atoms with Gasteiger partial charge in [0.15, 0.2) is 5.65 Å². The van der Waals surface area contributed by atoms with Crippen molar-refractivity contribution < 1.29 is 9.57 Å². The van der Waals surface area contributed by atoms with Crippen LogP contribution in [-0.4, -0.2) is 35.4 Å². The second kappa shape index (κ2) is 8.98. The predicted molar refractivity (Wildman–Crippen MR) is 123 cm³/mol. The summed E-state index contributed by atoms with van der Waals surface area (Å²) in [4.78, 5) is 12.4. The van der Waals surface area contributed by atoms with E-state index in [1.54, 1.807) is 14.2 Å². The molecule has 0 aliphatic heterocycles. The lowest BCUT2D eigenvalue weighted by molar-refractivity contribution is 0.128. The van der Waals surface area contributed by atoms with Crippen LogP contribution in [0.15, 0.2) is 30.6 Å². The molecule has 4 rings (SSSR count). The molecule has 0 spiro atoms. The fourth-order valence-corrected chi connectivity index (χ4v) is 4.45. The Balaban J connectivity index is 1.95. The number of nitrogens with one attached hydrogen (secondary N) is 1. The van der Waals surface area contributed by atoms with Crippen molar-refractivity contribution in [2.75, 3.05) is 25.7 Å². The smallest absolute Gasteiger partial charge is 0.165 e. The van der Waals surface area contributed by atoms with E-state index in [4.69, 9.17) is 19.7 Å². The van der Waals surface area contributed by atoms with E-state index in [1.807, 2.05) is 23.0 Å². The molecule has 3 aromatic rings. The maximum absolute atomic E-state index is 5.40. The van der Waals surface area contributed by atoms with Crippen molar-refractivity contribution >= 4 is 11.5 Å². The van der Waals surface area contributed by atoms with Gasteiger partial charge >= 0.3 is 0 Å². The Morgan fingerprint density at radius 2 is 2.06 bits per heavy atom. The highest BCUT2D eigenvalue weighted by Gasteiger charge is 2.26. The molecule has 0 atom stereocenters. The molecule has 2 aromatic heterocycles. The number of anilines is 1. The maximum atomic E-state index is 5.40. The first-order valence-electron chi connectivity index (χ1n) is 10.9. The number of nitrogens with zero attached hydrogens (tertiary/aromatic N) is 4. The first-order chi connectivity index (χ1) is 15.1. The highest BCUT2D eigenvalue weighted by Crippen LogP contribution is 2.37. The van der Waals surface area contributed by atoms with Gasteiger partial charge in [-0.1, -0.05) is 13.0 Å². The normalized spacial score (nSPS) is 13.2. The third-order valence-corrected chi connectivity index (χ3v) is 5.82. The van der Waals surface area contributed by atoms with E-state index in [1.165, 1.54) is 11.3 Å². The van der Waals surface area contributed by atoms with Gasteiger partial charge in [0.1, 0.15) is 11.6 Å². The topological polar surface area (TPSA) is 63.9 Å². The van der Waals surface area contributed by atoms with E-state index in [0.717, 1.165) is 71.8 Å². The second-order valence-electron chi connectivity index (χ2n) is 7.92. The predicted octanol–water partition coefficient (Wildman–Crippen LogP) is 4.35. The summed E-state index contributed by atoms with van der Waals surface area (Å²) < 4.78 is 7.44.